The van der Waals surface area contributed by atoms with Gasteiger partial charge in [-0.1, -0.05) is 38.3 Å². The normalized spacial score (nSPS) is 16.6. The van der Waals surface area contributed by atoms with Gasteiger partial charge in [-0.3, -0.25) is 5.43 Å². The van der Waals surface area contributed by atoms with Crippen molar-refractivity contribution in [2.45, 2.75) is 51.5 Å². The van der Waals surface area contributed by atoms with E-state index in [9.17, 15) is 4.39 Å². The predicted octanol–water partition coefficient (Wildman–Crippen LogP) is 3.74. The Balaban J connectivity index is 1.90. The highest BCUT2D eigenvalue weighted by Gasteiger charge is 2.13. The molecule has 0 aliphatic heterocycles. The van der Waals surface area contributed by atoms with Crippen molar-refractivity contribution in [1.82, 2.24) is 10.7 Å². The highest BCUT2D eigenvalue weighted by molar-refractivity contribution is 7.80. The molecular formula is C16H22FN3S. The van der Waals surface area contributed by atoms with Gasteiger partial charge in [-0.15, -0.1) is 0 Å². The molecule has 0 radical (unpaired) electrons. The van der Waals surface area contributed by atoms with Gasteiger partial charge in [0.1, 0.15) is 5.82 Å². The lowest BCUT2D eigenvalue weighted by molar-refractivity contribution is 0.412. The summed E-state index contributed by atoms with van der Waals surface area (Å²) in [6.07, 6.45) is 6.94. The van der Waals surface area contributed by atoms with Gasteiger partial charge >= 0.3 is 0 Å². The molecule has 1 saturated carbocycles. The van der Waals surface area contributed by atoms with Crippen LogP contribution in [0.15, 0.2) is 29.4 Å². The average molecular weight is 307 g/mol. The minimum atomic E-state index is -0.239. The molecule has 0 aromatic heterocycles. The van der Waals surface area contributed by atoms with Crippen molar-refractivity contribution < 1.29 is 4.39 Å². The lowest BCUT2D eigenvalue weighted by Crippen LogP contribution is -2.41. The van der Waals surface area contributed by atoms with Crippen LogP contribution in [0.3, 0.4) is 0 Å². The third-order valence-corrected chi connectivity index (χ3v) is 3.95. The van der Waals surface area contributed by atoms with Gasteiger partial charge < -0.3 is 5.32 Å². The third-order valence-electron chi connectivity index (χ3n) is 3.75. The number of nitrogens with zero attached hydrogens (tertiary/aromatic N) is 1. The van der Waals surface area contributed by atoms with E-state index in [1.54, 1.807) is 12.1 Å². The average Bonchev–Trinajstić information content (AvgIpc) is 2.50. The Hall–Kier alpha value is -1.49. The zero-order chi connectivity index (χ0) is 15.1. The van der Waals surface area contributed by atoms with Gasteiger partial charge in [0, 0.05) is 6.04 Å². The van der Waals surface area contributed by atoms with Crippen LogP contribution < -0.4 is 10.7 Å². The summed E-state index contributed by atoms with van der Waals surface area (Å²) in [5.74, 6) is -0.239. The van der Waals surface area contributed by atoms with Crippen LogP contribution in [-0.2, 0) is 0 Å². The molecule has 21 heavy (non-hydrogen) atoms. The van der Waals surface area contributed by atoms with E-state index in [0.717, 1.165) is 17.7 Å². The number of hydrogen-bond acceptors (Lipinski definition) is 2. The molecule has 0 atom stereocenters. The molecule has 2 N–H and O–H groups in total. The van der Waals surface area contributed by atoms with Crippen molar-refractivity contribution >= 4 is 23.0 Å². The minimum absolute atomic E-state index is 0.239. The first-order valence-corrected chi connectivity index (χ1v) is 7.99. The van der Waals surface area contributed by atoms with E-state index < -0.39 is 0 Å². The van der Waals surface area contributed by atoms with Crippen LogP contribution in [0, 0.1) is 5.82 Å². The molecule has 0 bridgehead atoms. The smallest absolute Gasteiger partial charge is 0.187 e. The fourth-order valence-corrected chi connectivity index (χ4v) is 2.79. The van der Waals surface area contributed by atoms with Crippen LogP contribution >= 0.6 is 12.2 Å². The number of hydrogen-bond donors (Lipinski definition) is 2. The Morgan fingerprint density at radius 2 is 1.90 bits per heavy atom. The Kier molecular flexibility index (Phi) is 6.11. The van der Waals surface area contributed by atoms with Crippen LogP contribution in [0.1, 0.15) is 51.0 Å². The van der Waals surface area contributed by atoms with Crippen LogP contribution in [0.25, 0.3) is 0 Å². The number of nitrogens with one attached hydrogen (secondary N) is 2. The zero-order valence-corrected chi connectivity index (χ0v) is 13.2. The number of thiocarbonyl (C=S) groups is 1. The molecule has 0 unspecified atom stereocenters. The van der Waals surface area contributed by atoms with E-state index in [-0.39, 0.29) is 5.82 Å². The molecule has 0 heterocycles. The maximum Gasteiger partial charge on any atom is 0.187 e. The summed E-state index contributed by atoms with van der Waals surface area (Å²) < 4.78 is 12.9. The molecule has 1 fully saturated rings. The maximum atomic E-state index is 12.9. The van der Waals surface area contributed by atoms with Crippen molar-refractivity contribution in [1.29, 1.82) is 0 Å². The highest BCUT2D eigenvalue weighted by Crippen LogP contribution is 2.17. The first-order valence-electron chi connectivity index (χ1n) is 7.58. The topological polar surface area (TPSA) is 36.4 Å². The van der Waals surface area contributed by atoms with E-state index in [1.807, 2.05) is 6.92 Å². The SMILES string of the molecule is CC/C(=N/NC(=S)NC1CCCCC1)c1ccc(F)cc1. The van der Waals surface area contributed by atoms with Gasteiger partial charge in [0.05, 0.1) is 5.71 Å². The van der Waals surface area contributed by atoms with Crippen molar-refractivity contribution in [3.05, 3.63) is 35.6 Å². The summed E-state index contributed by atoms with van der Waals surface area (Å²) >= 11 is 5.28. The fourth-order valence-electron chi connectivity index (χ4n) is 2.57. The molecule has 1 aliphatic rings. The second-order valence-electron chi connectivity index (χ2n) is 5.34. The van der Waals surface area contributed by atoms with Gasteiger partial charge in [-0.25, -0.2) is 4.39 Å². The summed E-state index contributed by atoms with van der Waals surface area (Å²) in [5.41, 5.74) is 4.68. The maximum absolute atomic E-state index is 12.9. The molecule has 114 valence electrons. The standard InChI is InChI=1S/C16H22FN3S/c1-2-15(12-8-10-13(17)11-9-12)19-20-16(21)18-14-6-4-3-5-7-14/h8-11,14H,2-7H2,1H3,(H2,18,20,21)/b19-15-. The molecular weight excluding hydrogens is 285 g/mol. The van der Waals surface area contributed by atoms with E-state index in [1.165, 1.54) is 44.2 Å². The molecule has 0 spiro atoms. The lowest BCUT2D eigenvalue weighted by atomic mass is 9.96. The van der Waals surface area contributed by atoms with E-state index in [0.29, 0.717) is 11.2 Å². The second kappa shape index (κ2) is 8.08. The van der Waals surface area contributed by atoms with Crippen LogP contribution in [0.2, 0.25) is 0 Å². The second-order valence-corrected chi connectivity index (χ2v) is 5.75. The monoisotopic (exact) mass is 307 g/mol. The van der Waals surface area contributed by atoms with Gasteiger partial charge in [0.2, 0.25) is 0 Å². The van der Waals surface area contributed by atoms with Gasteiger partial charge in [0.15, 0.2) is 5.11 Å². The Labute approximate surface area is 131 Å². The lowest BCUT2D eigenvalue weighted by Gasteiger charge is -2.23. The van der Waals surface area contributed by atoms with Gasteiger partial charge in [-0.2, -0.15) is 5.10 Å². The van der Waals surface area contributed by atoms with E-state index in [4.69, 9.17) is 12.2 Å². The molecule has 1 aliphatic carbocycles. The third kappa shape index (κ3) is 5.08. The number of hydrazone groups is 1. The summed E-state index contributed by atoms with van der Waals surface area (Å²) in [7, 11) is 0. The van der Waals surface area contributed by atoms with Crippen molar-refractivity contribution in [2.75, 3.05) is 0 Å². The first kappa shape index (κ1) is 15.9. The van der Waals surface area contributed by atoms with Crippen LogP contribution in [0.4, 0.5) is 4.39 Å². The molecule has 3 nitrogen and oxygen atoms in total. The molecule has 0 saturated heterocycles. The van der Waals surface area contributed by atoms with Crippen molar-refractivity contribution in [3.8, 4) is 0 Å². The molecule has 2 rings (SSSR count). The van der Waals surface area contributed by atoms with E-state index in [2.05, 4.69) is 15.8 Å². The summed E-state index contributed by atoms with van der Waals surface area (Å²) in [5, 5.41) is 8.22. The van der Waals surface area contributed by atoms with Gasteiger partial charge in [-0.05, 0) is 49.2 Å². The van der Waals surface area contributed by atoms with Crippen molar-refractivity contribution in [2.24, 2.45) is 5.10 Å². The number of benzene rings is 1. The predicted molar refractivity (Wildman–Crippen MR) is 89.0 cm³/mol. The molecule has 1 aromatic rings. The molecule has 0 amide bonds. The summed E-state index contributed by atoms with van der Waals surface area (Å²) in [6.45, 7) is 2.02. The fraction of sp³-hybridized carbons (Fsp3) is 0.500. The Morgan fingerprint density at radius 1 is 1.24 bits per heavy atom. The summed E-state index contributed by atoms with van der Waals surface area (Å²) in [6, 6.07) is 6.82. The number of rotatable bonds is 4. The van der Waals surface area contributed by atoms with Gasteiger partial charge in [0.25, 0.3) is 0 Å². The highest BCUT2D eigenvalue weighted by atomic mass is 32.1. The Morgan fingerprint density at radius 3 is 2.52 bits per heavy atom. The Bertz CT molecular complexity index is 493. The van der Waals surface area contributed by atoms with E-state index >= 15 is 0 Å². The first-order chi connectivity index (χ1) is 10.2. The molecule has 5 heteroatoms. The van der Waals surface area contributed by atoms with Crippen LogP contribution in [-0.4, -0.2) is 16.9 Å². The summed E-state index contributed by atoms with van der Waals surface area (Å²) in [4.78, 5) is 0. The number of halogens is 1. The van der Waals surface area contributed by atoms with Crippen LogP contribution in [0.5, 0.6) is 0 Å². The zero-order valence-electron chi connectivity index (χ0n) is 12.4. The minimum Gasteiger partial charge on any atom is -0.359 e. The molecule has 1 aromatic carbocycles. The van der Waals surface area contributed by atoms with Crippen molar-refractivity contribution in [3.63, 3.8) is 0 Å². The largest absolute Gasteiger partial charge is 0.359 e. The quantitative estimate of drug-likeness (QED) is 0.505.